The molecule has 6 nitrogen and oxygen atoms in total. The number of aliphatic hydroxyl groups is 2. The van der Waals surface area contributed by atoms with Crippen molar-refractivity contribution in [3.05, 3.63) is 97.2 Å². The van der Waals surface area contributed by atoms with Gasteiger partial charge in [-0.05, 0) is 57.8 Å². The lowest BCUT2D eigenvalue weighted by molar-refractivity contribution is -0.151. The maximum absolute atomic E-state index is 13.2. The van der Waals surface area contributed by atoms with Gasteiger partial charge in [0.25, 0.3) is 0 Å². The highest BCUT2D eigenvalue weighted by Crippen LogP contribution is 2.17. The number of unbranched alkanes of at least 4 members (excludes halogenated alkanes) is 20. The highest BCUT2D eigenvalue weighted by Gasteiger charge is 2.24. The third-order valence-electron chi connectivity index (χ3n) is 10.6. The van der Waals surface area contributed by atoms with E-state index in [9.17, 15) is 19.8 Å². The summed E-state index contributed by atoms with van der Waals surface area (Å²) in [6, 6.07) is -0.734. The molecular formula is C54H91NO5. The van der Waals surface area contributed by atoms with E-state index < -0.39 is 18.2 Å². The number of aliphatic hydroxyl groups excluding tert-OH is 2. The number of amides is 1. The lowest BCUT2D eigenvalue weighted by Gasteiger charge is -2.24. The summed E-state index contributed by atoms with van der Waals surface area (Å²) in [4.78, 5) is 26.1. The van der Waals surface area contributed by atoms with E-state index in [1.807, 2.05) is 48.6 Å². The highest BCUT2D eigenvalue weighted by molar-refractivity contribution is 5.77. The molecule has 0 rings (SSSR count). The molecule has 0 aromatic carbocycles. The van der Waals surface area contributed by atoms with Crippen LogP contribution >= 0.6 is 0 Å². The Morgan fingerprint density at radius 2 is 0.917 bits per heavy atom. The number of ether oxygens (including phenoxy) is 1. The number of carbonyl (C=O) groups is 2. The standard InChI is InChI=1S/C54H91NO5/c1-4-7-10-13-16-19-22-25-26-29-31-34-37-40-43-46-52(57)51(49-56)55-53(58)48-50(45-42-39-36-33-30-27-23-20-17-14-11-8-5-2)60-54(59)47-44-41-38-35-32-28-24-21-18-15-12-9-6-3/h8-9,11-12,14-15,17-18,20-21,23-24,27,30,33,36,50-52,56-57H,4-7,10,13,16,19,22,25-26,28-29,31-32,34-35,37-49H2,1-3H3,(H,55,58)/b11-8+,12-9+,17-14+,18-15+,23-20-,24-21-,30-27-,36-33+. The third kappa shape index (κ3) is 41.5. The van der Waals surface area contributed by atoms with Crippen molar-refractivity contribution in [2.45, 2.75) is 225 Å². The van der Waals surface area contributed by atoms with Crippen LogP contribution in [0.2, 0.25) is 0 Å². The summed E-state index contributed by atoms with van der Waals surface area (Å²) in [7, 11) is 0. The zero-order valence-electron chi connectivity index (χ0n) is 38.8. The first-order chi connectivity index (χ1) is 29.5. The minimum Gasteiger partial charge on any atom is -0.462 e. The fourth-order valence-corrected chi connectivity index (χ4v) is 6.93. The van der Waals surface area contributed by atoms with E-state index in [0.29, 0.717) is 19.3 Å². The van der Waals surface area contributed by atoms with E-state index in [1.54, 1.807) is 0 Å². The summed E-state index contributed by atoms with van der Waals surface area (Å²) in [5.74, 6) is -0.579. The summed E-state index contributed by atoms with van der Waals surface area (Å²) in [5, 5.41) is 23.7. The molecule has 0 aliphatic heterocycles. The fraction of sp³-hybridized carbons (Fsp3) is 0.667. The van der Waals surface area contributed by atoms with Gasteiger partial charge in [-0.25, -0.2) is 0 Å². The van der Waals surface area contributed by atoms with Crippen LogP contribution in [0.4, 0.5) is 0 Å². The quantitative estimate of drug-likeness (QED) is 0.0323. The van der Waals surface area contributed by atoms with Crippen LogP contribution < -0.4 is 5.32 Å². The largest absolute Gasteiger partial charge is 0.462 e. The van der Waals surface area contributed by atoms with Crippen molar-refractivity contribution in [2.24, 2.45) is 0 Å². The van der Waals surface area contributed by atoms with Crippen LogP contribution in [0.1, 0.15) is 207 Å². The molecule has 0 aromatic rings. The van der Waals surface area contributed by atoms with E-state index in [1.165, 1.54) is 77.0 Å². The summed E-state index contributed by atoms with van der Waals surface area (Å²) in [6.07, 6.45) is 61.8. The maximum Gasteiger partial charge on any atom is 0.306 e. The molecule has 0 saturated carbocycles. The molecule has 0 aromatic heterocycles. The monoisotopic (exact) mass is 834 g/mol. The molecule has 0 saturated heterocycles. The van der Waals surface area contributed by atoms with Gasteiger partial charge in [-0.15, -0.1) is 0 Å². The smallest absolute Gasteiger partial charge is 0.306 e. The van der Waals surface area contributed by atoms with Crippen molar-refractivity contribution in [1.29, 1.82) is 0 Å². The van der Waals surface area contributed by atoms with Crippen molar-refractivity contribution < 1.29 is 24.5 Å². The van der Waals surface area contributed by atoms with Gasteiger partial charge in [0.05, 0.1) is 25.2 Å². The van der Waals surface area contributed by atoms with Gasteiger partial charge in [0.1, 0.15) is 6.10 Å². The predicted molar refractivity (Wildman–Crippen MR) is 259 cm³/mol. The molecule has 0 bridgehead atoms. The van der Waals surface area contributed by atoms with E-state index in [0.717, 1.165) is 83.5 Å². The molecular weight excluding hydrogens is 743 g/mol. The lowest BCUT2D eigenvalue weighted by atomic mass is 10.0. The molecule has 0 radical (unpaired) electrons. The molecule has 3 N–H and O–H groups in total. The van der Waals surface area contributed by atoms with Crippen LogP contribution in [0, 0.1) is 0 Å². The van der Waals surface area contributed by atoms with Crippen LogP contribution in [0.15, 0.2) is 97.2 Å². The van der Waals surface area contributed by atoms with E-state index in [2.05, 4.69) is 74.7 Å². The summed E-state index contributed by atoms with van der Waals surface area (Å²) in [6.45, 7) is 6.17. The first-order valence-corrected chi connectivity index (χ1v) is 24.6. The number of hydrogen-bond acceptors (Lipinski definition) is 5. The topological polar surface area (TPSA) is 95.9 Å². The molecule has 0 aliphatic carbocycles. The molecule has 0 aliphatic rings. The second-order valence-corrected chi connectivity index (χ2v) is 16.3. The van der Waals surface area contributed by atoms with Gasteiger partial charge in [-0.2, -0.15) is 0 Å². The van der Waals surface area contributed by atoms with Gasteiger partial charge in [0.15, 0.2) is 0 Å². The van der Waals surface area contributed by atoms with Crippen LogP contribution in [0.25, 0.3) is 0 Å². The van der Waals surface area contributed by atoms with Gasteiger partial charge in [-0.1, -0.05) is 234 Å². The van der Waals surface area contributed by atoms with Crippen molar-refractivity contribution in [3.8, 4) is 0 Å². The summed E-state index contributed by atoms with van der Waals surface area (Å²) < 4.78 is 5.87. The Bertz CT molecular complexity index is 1210. The van der Waals surface area contributed by atoms with Crippen LogP contribution in [0.5, 0.6) is 0 Å². The predicted octanol–water partition coefficient (Wildman–Crippen LogP) is 14.6. The Morgan fingerprint density at radius 3 is 1.40 bits per heavy atom. The number of esters is 1. The Morgan fingerprint density at radius 1 is 0.500 bits per heavy atom. The molecule has 3 atom stereocenters. The second kappa shape index (κ2) is 46.8. The zero-order chi connectivity index (χ0) is 43.8. The fourth-order valence-electron chi connectivity index (χ4n) is 6.93. The molecule has 6 heteroatoms. The summed E-state index contributed by atoms with van der Waals surface area (Å²) in [5.41, 5.74) is 0. The van der Waals surface area contributed by atoms with Crippen LogP contribution in [0.3, 0.4) is 0 Å². The molecule has 1 amide bonds. The molecule has 0 fully saturated rings. The minimum atomic E-state index is -0.815. The van der Waals surface area contributed by atoms with Crippen molar-refractivity contribution in [3.63, 3.8) is 0 Å². The Balaban J connectivity index is 4.70. The molecule has 0 heterocycles. The van der Waals surface area contributed by atoms with Crippen molar-refractivity contribution in [2.75, 3.05) is 6.61 Å². The van der Waals surface area contributed by atoms with Crippen molar-refractivity contribution in [1.82, 2.24) is 5.32 Å². The number of carbonyl (C=O) groups excluding carboxylic acids is 2. The molecule has 60 heavy (non-hydrogen) atoms. The van der Waals surface area contributed by atoms with Gasteiger partial charge in [0, 0.05) is 6.42 Å². The third-order valence-corrected chi connectivity index (χ3v) is 10.6. The number of allylic oxidation sites excluding steroid dienone is 16. The zero-order valence-corrected chi connectivity index (χ0v) is 38.8. The first kappa shape index (κ1) is 56.8. The average Bonchev–Trinajstić information content (AvgIpc) is 3.24. The normalized spacial score (nSPS) is 14.2. The van der Waals surface area contributed by atoms with E-state index >= 15 is 0 Å². The molecule has 342 valence electrons. The van der Waals surface area contributed by atoms with Gasteiger partial charge >= 0.3 is 5.97 Å². The minimum absolute atomic E-state index is 0.0148. The number of hydrogen-bond donors (Lipinski definition) is 3. The first-order valence-electron chi connectivity index (χ1n) is 24.6. The lowest BCUT2D eigenvalue weighted by Crippen LogP contribution is -2.46. The highest BCUT2D eigenvalue weighted by atomic mass is 16.5. The van der Waals surface area contributed by atoms with Crippen molar-refractivity contribution >= 4 is 11.9 Å². The second-order valence-electron chi connectivity index (χ2n) is 16.3. The Hall–Kier alpha value is -3.22. The average molecular weight is 834 g/mol. The van der Waals surface area contributed by atoms with Gasteiger partial charge in [-0.3, -0.25) is 9.59 Å². The number of nitrogens with one attached hydrogen (secondary N) is 1. The Kier molecular flexibility index (Phi) is 44.3. The summed E-state index contributed by atoms with van der Waals surface area (Å²) >= 11 is 0. The Labute approximate surface area is 369 Å². The van der Waals surface area contributed by atoms with Gasteiger partial charge in [0.2, 0.25) is 5.91 Å². The van der Waals surface area contributed by atoms with Crippen LogP contribution in [-0.4, -0.2) is 46.9 Å². The van der Waals surface area contributed by atoms with E-state index in [-0.39, 0.29) is 24.9 Å². The SMILES string of the molecule is CC/C=C/C=C/C=C\C=C/C=C/CCCC(CC(=O)NC(CO)C(O)CCCCCCCCCCCCCCCCC)OC(=O)CCCCCCC\C=C/C=C/C=C/CC. The van der Waals surface area contributed by atoms with Gasteiger partial charge < -0.3 is 20.3 Å². The maximum atomic E-state index is 13.2. The molecule has 3 unspecified atom stereocenters. The molecule has 0 spiro atoms. The van der Waals surface area contributed by atoms with Crippen LogP contribution in [-0.2, 0) is 14.3 Å². The number of rotatable bonds is 42. The van der Waals surface area contributed by atoms with E-state index in [4.69, 9.17) is 4.74 Å².